The molecule has 0 spiro atoms. The number of hydrogen-bond acceptors (Lipinski definition) is 3. The highest BCUT2D eigenvalue weighted by atomic mass is 35.5. The number of nitrogens with one attached hydrogen (secondary N) is 1. The molecule has 2 N–H and O–H groups in total. The van der Waals surface area contributed by atoms with Crippen LogP contribution in [0.4, 0.5) is 0 Å². The molecule has 4 atom stereocenters. The van der Waals surface area contributed by atoms with E-state index in [0.717, 1.165) is 12.0 Å². The molecule has 1 aliphatic rings. The molecule has 4 unspecified atom stereocenters. The molecule has 20 heavy (non-hydrogen) atoms. The minimum atomic E-state index is -0.0249. The number of aliphatic hydroxyl groups is 1. The Morgan fingerprint density at radius 1 is 1.60 bits per heavy atom. The average molecular weight is 314 g/mol. The summed E-state index contributed by atoms with van der Waals surface area (Å²) in [6.07, 6.45) is 2.82. The maximum absolute atomic E-state index is 12.2. The van der Waals surface area contributed by atoms with Crippen molar-refractivity contribution in [2.24, 2.45) is 5.92 Å². The molecule has 1 amide bonds. The number of amides is 1. The highest BCUT2D eigenvalue weighted by Crippen LogP contribution is 2.48. The van der Waals surface area contributed by atoms with Crippen molar-refractivity contribution in [2.45, 2.75) is 30.6 Å². The van der Waals surface area contributed by atoms with Crippen LogP contribution >= 0.6 is 23.4 Å². The monoisotopic (exact) mass is 313 g/mol. The zero-order chi connectivity index (χ0) is 14.7. The average Bonchev–Trinajstić information content (AvgIpc) is 3.20. The smallest absolute Gasteiger partial charge is 0.223 e. The Hall–Kier alpha value is -0.710. The molecular weight excluding hydrogens is 294 g/mol. The normalized spacial score (nSPS) is 24.0. The predicted octanol–water partition coefficient (Wildman–Crippen LogP) is 2.67. The van der Waals surface area contributed by atoms with E-state index in [0.29, 0.717) is 5.02 Å². The molecule has 1 fully saturated rings. The van der Waals surface area contributed by atoms with E-state index in [-0.39, 0.29) is 35.6 Å². The molecule has 1 aromatic carbocycles. The molecule has 0 heterocycles. The van der Waals surface area contributed by atoms with Crippen LogP contribution in [-0.2, 0) is 4.79 Å². The van der Waals surface area contributed by atoms with Crippen molar-refractivity contribution in [3.05, 3.63) is 34.9 Å². The zero-order valence-corrected chi connectivity index (χ0v) is 13.2. The fourth-order valence-corrected chi connectivity index (χ4v) is 3.28. The number of hydrogen-bond donors (Lipinski definition) is 2. The quantitative estimate of drug-likeness (QED) is 0.849. The molecule has 1 saturated carbocycles. The van der Waals surface area contributed by atoms with E-state index >= 15 is 0 Å². The number of halogens is 1. The molecule has 0 saturated heterocycles. The lowest BCUT2D eigenvalue weighted by Crippen LogP contribution is -2.42. The van der Waals surface area contributed by atoms with Crippen molar-refractivity contribution in [3.8, 4) is 0 Å². The summed E-state index contributed by atoms with van der Waals surface area (Å²) in [4.78, 5) is 12.2. The lowest BCUT2D eigenvalue weighted by Gasteiger charge is -2.21. The molecule has 110 valence electrons. The first-order chi connectivity index (χ1) is 9.56. The van der Waals surface area contributed by atoms with Crippen molar-refractivity contribution in [3.63, 3.8) is 0 Å². The van der Waals surface area contributed by atoms with Crippen molar-refractivity contribution < 1.29 is 9.90 Å². The Morgan fingerprint density at radius 2 is 2.35 bits per heavy atom. The molecule has 0 radical (unpaired) electrons. The van der Waals surface area contributed by atoms with Gasteiger partial charge in [0.25, 0.3) is 0 Å². The Balaban J connectivity index is 1.90. The first-order valence-electron chi connectivity index (χ1n) is 6.76. The number of thioether (sulfide) groups is 1. The molecular formula is C15H20ClNO2S. The molecule has 3 nitrogen and oxygen atoms in total. The fraction of sp³-hybridized carbons (Fsp3) is 0.533. The Morgan fingerprint density at radius 3 is 2.95 bits per heavy atom. The number of carbonyl (C=O) groups excluding carboxylic acids is 1. The summed E-state index contributed by atoms with van der Waals surface area (Å²) in [5, 5.41) is 13.0. The van der Waals surface area contributed by atoms with Crippen LogP contribution in [0.5, 0.6) is 0 Å². The van der Waals surface area contributed by atoms with Gasteiger partial charge in [-0.3, -0.25) is 4.79 Å². The van der Waals surface area contributed by atoms with Crippen LogP contribution in [-0.4, -0.2) is 35.2 Å². The van der Waals surface area contributed by atoms with Crippen LogP contribution < -0.4 is 5.32 Å². The van der Waals surface area contributed by atoms with E-state index < -0.39 is 0 Å². The van der Waals surface area contributed by atoms with Crippen LogP contribution in [0.1, 0.15) is 24.8 Å². The maximum atomic E-state index is 12.2. The van der Waals surface area contributed by atoms with Gasteiger partial charge in [-0.15, -0.1) is 0 Å². The molecule has 5 heteroatoms. The van der Waals surface area contributed by atoms with Crippen LogP contribution in [0.3, 0.4) is 0 Å². The highest BCUT2D eigenvalue weighted by Gasteiger charge is 2.44. The maximum Gasteiger partial charge on any atom is 0.223 e. The predicted molar refractivity (Wildman–Crippen MR) is 84.3 cm³/mol. The van der Waals surface area contributed by atoms with E-state index in [1.807, 2.05) is 37.4 Å². The molecule has 0 aromatic heterocycles. The number of benzene rings is 1. The van der Waals surface area contributed by atoms with Gasteiger partial charge in [-0.05, 0) is 43.2 Å². The SMILES string of the molecule is CSC(CO)C(C)NC(=O)C1CC1c1cccc(Cl)c1. The Labute approximate surface area is 129 Å². The first kappa shape index (κ1) is 15.7. The second kappa shape index (κ2) is 6.83. The van der Waals surface area contributed by atoms with Gasteiger partial charge >= 0.3 is 0 Å². The largest absolute Gasteiger partial charge is 0.395 e. The summed E-state index contributed by atoms with van der Waals surface area (Å²) in [5.74, 6) is 0.398. The van der Waals surface area contributed by atoms with Crippen molar-refractivity contribution >= 4 is 29.3 Å². The lowest BCUT2D eigenvalue weighted by molar-refractivity contribution is -0.123. The highest BCUT2D eigenvalue weighted by molar-refractivity contribution is 7.99. The van der Waals surface area contributed by atoms with Crippen LogP contribution in [0.15, 0.2) is 24.3 Å². The first-order valence-corrected chi connectivity index (χ1v) is 8.43. The van der Waals surface area contributed by atoms with Gasteiger partial charge in [0, 0.05) is 22.2 Å². The Kier molecular flexibility index (Phi) is 5.35. The van der Waals surface area contributed by atoms with E-state index in [1.54, 1.807) is 11.8 Å². The second-order valence-electron chi connectivity index (χ2n) is 5.26. The van der Waals surface area contributed by atoms with Crippen molar-refractivity contribution in [1.82, 2.24) is 5.32 Å². The van der Waals surface area contributed by atoms with E-state index in [4.69, 9.17) is 11.6 Å². The third-order valence-corrected chi connectivity index (χ3v) is 5.21. The van der Waals surface area contributed by atoms with E-state index in [1.165, 1.54) is 0 Å². The summed E-state index contributed by atoms with van der Waals surface area (Å²) in [6.45, 7) is 2.01. The van der Waals surface area contributed by atoms with Gasteiger partial charge in [0.2, 0.25) is 5.91 Å². The van der Waals surface area contributed by atoms with Crippen LogP contribution in [0.25, 0.3) is 0 Å². The summed E-state index contributed by atoms with van der Waals surface area (Å²) >= 11 is 7.55. The van der Waals surface area contributed by atoms with Crippen molar-refractivity contribution in [1.29, 1.82) is 0 Å². The topological polar surface area (TPSA) is 49.3 Å². The molecule has 1 aromatic rings. The fourth-order valence-electron chi connectivity index (χ4n) is 2.45. The molecule has 0 bridgehead atoms. The van der Waals surface area contributed by atoms with Gasteiger partial charge in [-0.25, -0.2) is 0 Å². The molecule has 1 aliphatic carbocycles. The number of rotatable bonds is 6. The minimum Gasteiger partial charge on any atom is -0.395 e. The van der Waals surface area contributed by atoms with Crippen molar-refractivity contribution in [2.75, 3.05) is 12.9 Å². The summed E-state index contributed by atoms with van der Waals surface area (Å²) in [6, 6.07) is 7.69. The standard InChI is InChI=1S/C15H20ClNO2S/c1-9(14(8-18)20-2)17-15(19)13-7-12(13)10-4-3-5-11(16)6-10/h3-6,9,12-14,18H,7-8H2,1-2H3,(H,17,19). The second-order valence-corrected chi connectivity index (χ2v) is 6.77. The number of aliphatic hydroxyl groups excluding tert-OH is 1. The molecule has 0 aliphatic heterocycles. The van der Waals surface area contributed by atoms with Gasteiger partial charge in [-0.1, -0.05) is 23.7 Å². The summed E-state index contributed by atoms with van der Waals surface area (Å²) in [7, 11) is 0. The van der Waals surface area contributed by atoms with Gasteiger partial charge in [0.1, 0.15) is 0 Å². The van der Waals surface area contributed by atoms with Gasteiger partial charge in [0.15, 0.2) is 0 Å². The zero-order valence-electron chi connectivity index (χ0n) is 11.7. The van der Waals surface area contributed by atoms with Gasteiger partial charge < -0.3 is 10.4 Å². The lowest BCUT2D eigenvalue weighted by atomic mass is 10.1. The number of carbonyl (C=O) groups is 1. The van der Waals surface area contributed by atoms with Gasteiger partial charge in [0.05, 0.1) is 6.61 Å². The van der Waals surface area contributed by atoms with E-state index in [2.05, 4.69) is 5.32 Å². The minimum absolute atomic E-state index is 0.0249. The summed E-state index contributed by atoms with van der Waals surface area (Å²) in [5.41, 5.74) is 1.13. The van der Waals surface area contributed by atoms with Crippen LogP contribution in [0, 0.1) is 5.92 Å². The third kappa shape index (κ3) is 3.68. The van der Waals surface area contributed by atoms with Gasteiger partial charge in [-0.2, -0.15) is 11.8 Å². The Bertz CT molecular complexity index is 479. The summed E-state index contributed by atoms with van der Waals surface area (Å²) < 4.78 is 0. The van der Waals surface area contributed by atoms with Crippen LogP contribution in [0.2, 0.25) is 5.02 Å². The third-order valence-electron chi connectivity index (χ3n) is 3.81. The molecule has 2 rings (SSSR count). The van der Waals surface area contributed by atoms with E-state index in [9.17, 15) is 9.90 Å².